The van der Waals surface area contributed by atoms with Crippen molar-refractivity contribution in [3.05, 3.63) is 41.6 Å². The lowest BCUT2D eigenvalue weighted by Gasteiger charge is -2.07. The molecule has 0 spiro atoms. The number of rotatable bonds is 3. The third-order valence-corrected chi connectivity index (χ3v) is 2.57. The SMILES string of the molecule is Cn1ncc(C(N)=O)c1NC(=O)c1ccc(O)cc1. The fraction of sp³-hybridized carbons (Fsp3) is 0.0833. The van der Waals surface area contributed by atoms with Crippen LogP contribution >= 0.6 is 0 Å². The molecule has 2 amide bonds. The van der Waals surface area contributed by atoms with Crippen LogP contribution in [0.2, 0.25) is 0 Å². The van der Waals surface area contributed by atoms with Crippen LogP contribution in [0.3, 0.4) is 0 Å². The second-order valence-corrected chi connectivity index (χ2v) is 3.90. The highest BCUT2D eigenvalue weighted by Gasteiger charge is 2.16. The van der Waals surface area contributed by atoms with Crippen LogP contribution in [0.15, 0.2) is 30.5 Å². The topological polar surface area (TPSA) is 110 Å². The standard InChI is InChI=1S/C12H12N4O3/c1-16-11(9(6-14-16)10(13)18)15-12(19)7-2-4-8(17)5-3-7/h2-6,17H,1H3,(H2,13,18)(H,15,19). The second kappa shape index (κ2) is 4.81. The number of nitrogens with two attached hydrogens (primary N) is 1. The number of aromatic hydroxyl groups is 1. The molecule has 0 saturated carbocycles. The average molecular weight is 260 g/mol. The van der Waals surface area contributed by atoms with Crippen molar-refractivity contribution in [2.24, 2.45) is 12.8 Å². The average Bonchev–Trinajstić information content (AvgIpc) is 2.72. The summed E-state index contributed by atoms with van der Waals surface area (Å²) in [5.41, 5.74) is 5.66. The molecule has 0 radical (unpaired) electrons. The first-order chi connectivity index (χ1) is 8.99. The molecule has 2 aromatic rings. The van der Waals surface area contributed by atoms with Gasteiger partial charge in [-0.15, -0.1) is 0 Å². The van der Waals surface area contributed by atoms with Gasteiger partial charge in [-0.1, -0.05) is 0 Å². The van der Waals surface area contributed by atoms with E-state index in [1.807, 2.05) is 0 Å². The van der Waals surface area contributed by atoms with Gasteiger partial charge in [-0.25, -0.2) is 0 Å². The van der Waals surface area contributed by atoms with Crippen molar-refractivity contribution in [2.45, 2.75) is 0 Å². The molecule has 7 heteroatoms. The van der Waals surface area contributed by atoms with E-state index in [-0.39, 0.29) is 17.1 Å². The van der Waals surface area contributed by atoms with Crippen LogP contribution < -0.4 is 11.1 Å². The Labute approximate surface area is 108 Å². The van der Waals surface area contributed by atoms with Gasteiger partial charge in [-0.05, 0) is 24.3 Å². The molecule has 1 aromatic carbocycles. The Morgan fingerprint density at radius 1 is 1.32 bits per heavy atom. The lowest BCUT2D eigenvalue weighted by molar-refractivity contribution is 0.100. The van der Waals surface area contributed by atoms with Gasteiger partial charge in [-0.2, -0.15) is 5.10 Å². The molecule has 0 fully saturated rings. The van der Waals surface area contributed by atoms with Crippen molar-refractivity contribution in [1.29, 1.82) is 0 Å². The van der Waals surface area contributed by atoms with Crippen LogP contribution in [0.5, 0.6) is 5.75 Å². The van der Waals surface area contributed by atoms with Gasteiger partial charge in [0.05, 0.1) is 6.20 Å². The second-order valence-electron chi connectivity index (χ2n) is 3.90. The molecule has 98 valence electrons. The normalized spacial score (nSPS) is 10.2. The van der Waals surface area contributed by atoms with E-state index in [0.717, 1.165) is 0 Å². The van der Waals surface area contributed by atoms with E-state index in [4.69, 9.17) is 10.8 Å². The fourth-order valence-corrected chi connectivity index (χ4v) is 1.56. The highest BCUT2D eigenvalue weighted by atomic mass is 16.3. The zero-order valence-corrected chi connectivity index (χ0v) is 10.1. The molecule has 7 nitrogen and oxygen atoms in total. The van der Waals surface area contributed by atoms with Gasteiger partial charge < -0.3 is 16.2 Å². The van der Waals surface area contributed by atoms with Gasteiger partial charge in [-0.3, -0.25) is 14.3 Å². The monoisotopic (exact) mass is 260 g/mol. The van der Waals surface area contributed by atoms with E-state index >= 15 is 0 Å². The smallest absolute Gasteiger partial charge is 0.256 e. The molecule has 19 heavy (non-hydrogen) atoms. The molecule has 0 atom stereocenters. The number of nitrogens with zero attached hydrogens (tertiary/aromatic N) is 2. The summed E-state index contributed by atoms with van der Waals surface area (Å²) >= 11 is 0. The van der Waals surface area contributed by atoms with Crippen molar-refractivity contribution in [3.8, 4) is 5.75 Å². The van der Waals surface area contributed by atoms with E-state index in [1.165, 1.54) is 35.1 Å². The van der Waals surface area contributed by atoms with Gasteiger partial charge >= 0.3 is 0 Å². The summed E-state index contributed by atoms with van der Waals surface area (Å²) in [7, 11) is 1.58. The number of benzene rings is 1. The third kappa shape index (κ3) is 2.54. The zero-order chi connectivity index (χ0) is 14.0. The molecule has 1 aromatic heterocycles. The van der Waals surface area contributed by atoms with Crippen LogP contribution in [0.4, 0.5) is 5.82 Å². The number of hydrogen-bond donors (Lipinski definition) is 3. The van der Waals surface area contributed by atoms with Crippen molar-refractivity contribution >= 4 is 17.6 Å². The first kappa shape index (κ1) is 12.6. The lowest BCUT2D eigenvalue weighted by atomic mass is 10.2. The molecule has 0 saturated heterocycles. The predicted octanol–water partition coefficient (Wildman–Crippen LogP) is 0.477. The number of aromatic nitrogens is 2. The minimum atomic E-state index is -0.672. The summed E-state index contributed by atoms with van der Waals surface area (Å²) < 4.78 is 1.35. The number of carbonyl (C=O) groups excluding carboxylic acids is 2. The third-order valence-electron chi connectivity index (χ3n) is 2.57. The molecule has 0 aliphatic rings. The highest BCUT2D eigenvalue weighted by Crippen LogP contribution is 2.16. The summed E-state index contributed by atoms with van der Waals surface area (Å²) in [6.07, 6.45) is 1.29. The van der Waals surface area contributed by atoms with Gasteiger partial charge in [0.25, 0.3) is 11.8 Å². The summed E-state index contributed by atoms with van der Waals surface area (Å²) in [6.45, 7) is 0. The molecule has 4 N–H and O–H groups in total. The Morgan fingerprint density at radius 2 is 1.95 bits per heavy atom. The molecule has 0 aliphatic heterocycles. The number of hydrogen-bond acceptors (Lipinski definition) is 4. The quantitative estimate of drug-likeness (QED) is 0.745. The van der Waals surface area contributed by atoms with Crippen molar-refractivity contribution in [1.82, 2.24) is 9.78 Å². The summed E-state index contributed by atoms with van der Waals surface area (Å²) in [4.78, 5) is 23.1. The van der Waals surface area contributed by atoms with Crippen LogP contribution in [-0.4, -0.2) is 26.7 Å². The minimum absolute atomic E-state index is 0.0647. The van der Waals surface area contributed by atoms with Crippen LogP contribution in [0, 0.1) is 0 Å². The number of phenols is 1. The maximum Gasteiger partial charge on any atom is 0.256 e. The Balaban J connectivity index is 2.26. The van der Waals surface area contributed by atoms with E-state index in [0.29, 0.717) is 5.56 Å². The molecule has 1 heterocycles. The summed E-state index contributed by atoms with van der Waals surface area (Å²) in [5, 5.41) is 15.6. The molecular formula is C12H12N4O3. The zero-order valence-electron chi connectivity index (χ0n) is 10.1. The Bertz CT molecular complexity index is 631. The maximum absolute atomic E-state index is 12.0. The molecular weight excluding hydrogens is 248 g/mol. The van der Waals surface area contributed by atoms with Crippen molar-refractivity contribution in [2.75, 3.05) is 5.32 Å². The van der Waals surface area contributed by atoms with E-state index < -0.39 is 11.8 Å². The minimum Gasteiger partial charge on any atom is -0.508 e. The number of aryl methyl sites for hydroxylation is 1. The largest absolute Gasteiger partial charge is 0.508 e. The van der Waals surface area contributed by atoms with Gasteiger partial charge in [0.2, 0.25) is 0 Å². The summed E-state index contributed by atoms with van der Waals surface area (Å²) in [5.74, 6) is -0.805. The van der Waals surface area contributed by atoms with E-state index in [1.54, 1.807) is 7.05 Å². The Kier molecular flexibility index (Phi) is 3.19. The Hall–Kier alpha value is -2.83. The van der Waals surface area contributed by atoms with Crippen LogP contribution in [0.25, 0.3) is 0 Å². The predicted molar refractivity (Wildman–Crippen MR) is 67.8 cm³/mol. The number of primary amides is 1. The van der Waals surface area contributed by atoms with Crippen LogP contribution in [0.1, 0.15) is 20.7 Å². The van der Waals surface area contributed by atoms with Gasteiger partial charge in [0.15, 0.2) is 0 Å². The number of phenolic OH excluding ortho intramolecular Hbond substituents is 1. The first-order valence-corrected chi connectivity index (χ1v) is 5.41. The Morgan fingerprint density at radius 3 is 2.53 bits per heavy atom. The molecule has 0 unspecified atom stereocenters. The number of amides is 2. The molecule has 2 rings (SSSR count). The van der Waals surface area contributed by atoms with Crippen LogP contribution in [-0.2, 0) is 7.05 Å². The lowest BCUT2D eigenvalue weighted by Crippen LogP contribution is -2.19. The number of anilines is 1. The molecule has 0 aliphatic carbocycles. The first-order valence-electron chi connectivity index (χ1n) is 5.41. The van der Waals surface area contributed by atoms with Crippen molar-refractivity contribution in [3.63, 3.8) is 0 Å². The highest BCUT2D eigenvalue weighted by molar-refractivity contribution is 6.07. The fourth-order valence-electron chi connectivity index (χ4n) is 1.56. The van der Waals surface area contributed by atoms with Gasteiger partial charge in [0, 0.05) is 12.6 Å². The van der Waals surface area contributed by atoms with Crippen molar-refractivity contribution < 1.29 is 14.7 Å². The van der Waals surface area contributed by atoms with Gasteiger partial charge in [0.1, 0.15) is 17.1 Å². The summed E-state index contributed by atoms with van der Waals surface area (Å²) in [6, 6.07) is 5.72. The maximum atomic E-state index is 12.0. The number of nitrogens with one attached hydrogen (secondary N) is 1. The van der Waals surface area contributed by atoms with E-state index in [9.17, 15) is 9.59 Å². The number of carbonyl (C=O) groups is 2. The molecule has 0 bridgehead atoms. The van der Waals surface area contributed by atoms with E-state index in [2.05, 4.69) is 10.4 Å².